The maximum atomic E-state index is 12.2. The molecule has 0 saturated carbocycles. The van der Waals surface area contributed by atoms with Gasteiger partial charge in [0, 0.05) is 24.8 Å². The Morgan fingerprint density at radius 3 is 2.23 bits per heavy atom. The molecule has 3 aromatic rings. The van der Waals surface area contributed by atoms with Gasteiger partial charge in [-0.1, -0.05) is 24.3 Å². The lowest BCUT2D eigenvalue weighted by molar-refractivity contribution is 0.602. The summed E-state index contributed by atoms with van der Waals surface area (Å²) in [5, 5.41) is 0.668. The van der Waals surface area contributed by atoms with E-state index in [1.807, 2.05) is 29.8 Å². The van der Waals surface area contributed by atoms with Crippen molar-refractivity contribution in [2.24, 2.45) is 7.05 Å². The zero-order chi connectivity index (χ0) is 15.9. The van der Waals surface area contributed by atoms with E-state index < -0.39 is 9.84 Å². The van der Waals surface area contributed by atoms with Crippen LogP contribution in [0.4, 0.5) is 0 Å². The van der Waals surface area contributed by atoms with E-state index in [1.165, 1.54) is 6.26 Å². The molecule has 1 heterocycles. The van der Waals surface area contributed by atoms with Gasteiger partial charge in [-0.25, -0.2) is 8.42 Å². The maximum Gasteiger partial charge on any atom is 0.190 e. The molecule has 0 radical (unpaired) electrons. The van der Waals surface area contributed by atoms with Crippen LogP contribution in [0.2, 0.25) is 0 Å². The van der Waals surface area contributed by atoms with Gasteiger partial charge >= 0.3 is 0 Å². The second-order valence-corrected chi connectivity index (χ2v) is 7.28. The number of rotatable bonds is 2. The number of hydrogen-bond acceptors (Lipinski definition) is 3. The lowest BCUT2D eigenvalue weighted by atomic mass is 10.1. The summed E-state index contributed by atoms with van der Waals surface area (Å²) in [7, 11) is -1.33. The van der Waals surface area contributed by atoms with Crippen molar-refractivity contribution in [1.29, 1.82) is 0 Å². The molecule has 0 saturated heterocycles. The number of aryl methyl sites for hydroxylation is 1. The Labute approximate surface area is 128 Å². The minimum atomic E-state index is -3.22. The van der Waals surface area contributed by atoms with Crippen molar-refractivity contribution in [2.45, 2.75) is 4.90 Å². The quantitative estimate of drug-likeness (QED) is 0.731. The van der Waals surface area contributed by atoms with Crippen LogP contribution >= 0.6 is 0 Å². The second kappa shape index (κ2) is 5.10. The van der Waals surface area contributed by atoms with Gasteiger partial charge in [0.1, 0.15) is 0 Å². The average molecular weight is 313 g/mol. The number of para-hydroxylation sites is 1. The predicted octanol–water partition coefficient (Wildman–Crippen LogP) is 2.61. The van der Waals surface area contributed by atoms with Gasteiger partial charge in [-0.2, -0.15) is 0 Å². The molecular weight excluding hydrogens is 298 g/mol. The van der Waals surface area contributed by atoms with E-state index in [0.717, 1.165) is 16.8 Å². The third-order valence-electron chi connectivity index (χ3n) is 3.74. The van der Waals surface area contributed by atoms with Crippen molar-refractivity contribution < 1.29 is 8.42 Å². The van der Waals surface area contributed by atoms with E-state index in [-0.39, 0.29) is 10.3 Å². The van der Waals surface area contributed by atoms with Crippen LogP contribution < -0.4 is 5.43 Å². The standard InChI is InChI=1S/C17H15NO3S/c1-18-15-6-4-3-5-14(15)17(19)11-16(18)12-7-9-13(10-8-12)22(2,20)21/h3-11H,1-2H3. The topological polar surface area (TPSA) is 56.1 Å². The fraction of sp³-hybridized carbons (Fsp3) is 0.118. The molecule has 112 valence electrons. The summed E-state index contributed by atoms with van der Waals surface area (Å²) in [6, 6.07) is 15.6. The lowest BCUT2D eigenvalue weighted by Crippen LogP contribution is -2.09. The van der Waals surface area contributed by atoms with Gasteiger partial charge in [-0.15, -0.1) is 0 Å². The Hall–Kier alpha value is -2.40. The van der Waals surface area contributed by atoms with Gasteiger partial charge in [0.25, 0.3) is 0 Å². The first-order valence-corrected chi connectivity index (χ1v) is 8.66. The molecule has 0 spiro atoms. The molecule has 0 fully saturated rings. The summed E-state index contributed by atoms with van der Waals surface area (Å²) in [5.41, 5.74) is 2.36. The summed E-state index contributed by atoms with van der Waals surface area (Å²) < 4.78 is 25.0. The molecule has 0 N–H and O–H groups in total. The molecule has 4 nitrogen and oxygen atoms in total. The van der Waals surface area contributed by atoms with Crippen molar-refractivity contribution in [2.75, 3.05) is 6.26 Å². The molecule has 0 bridgehead atoms. The van der Waals surface area contributed by atoms with Crippen LogP contribution in [0.1, 0.15) is 0 Å². The average Bonchev–Trinajstić information content (AvgIpc) is 2.50. The summed E-state index contributed by atoms with van der Waals surface area (Å²) >= 11 is 0. The van der Waals surface area contributed by atoms with Crippen LogP contribution in [0.3, 0.4) is 0 Å². The molecule has 0 aliphatic heterocycles. The Kier molecular flexibility index (Phi) is 3.37. The number of hydrogen-bond donors (Lipinski definition) is 0. The number of sulfone groups is 1. The zero-order valence-corrected chi connectivity index (χ0v) is 13.1. The highest BCUT2D eigenvalue weighted by molar-refractivity contribution is 7.90. The van der Waals surface area contributed by atoms with Crippen LogP contribution in [0, 0.1) is 0 Å². The third-order valence-corrected chi connectivity index (χ3v) is 4.87. The summed E-state index contributed by atoms with van der Waals surface area (Å²) in [6.45, 7) is 0. The van der Waals surface area contributed by atoms with Crippen molar-refractivity contribution in [1.82, 2.24) is 4.57 Å². The molecule has 0 aliphatic carbocycles. The monoisotopic (exact) mass is 313 g/mol. The van der Waals surface area contributed by atoms with Gasteiger partial charge in [0.15, 0.2) is 15.3 Å². The van der Waals surface area contributed by atoms with Gasteiger partial charge in [0.2, 0.25) is 0 Å². The fourth-order valence-corrected chi connectivity index (χ4v) is 3.18. The normalized spacial score (nSPS) is 11.7. The summed E-state index contributed by atoms with van der Waals surface area (Å²) in [6.07, 6.45) is 1.17. The van der Waals surface area contributed by atoms with Crippen LogP contribution in [0.5, 0.6) is 0 Å². The van der Waals surface area contributed by atoms with Gasteiger partial charge < -0.3 is 4.57 Å². The first kappa shape index (κ1) is 14.5. The number of benzene rings is 2. The van der Waals surface area contributed by atoms with E-state index in [2.05, 4.69) is 0 Å². The summed E-state index contributed by atoms with van der Waals surface area (Å²) in [4.78, 5) is 12.5. The first-order chi connectivity index (χ1) is 10.4. The van der Waals surface area contributed by atoms with E-state index in [0.29, 0.717) is 5.39 Å². The molecule has 5 heteroatoms. The lowest BCUT2D eigenvalue weighted by Gasteiger charge is -2.12. The summed E-state index contributed by atoms with van der Waals surface area (Å²) in [5.74, 6) is 0. The number of pyridine rings is 1. The molecule has 1 aromatic heterocycles. The largest absolute Gasteiger partial charge is 0.343 e. The minimum Gasteiger partial charge on any atom is -0.343 e. The molecule has 0 amide bonds. The molecule has 22 heavy (non-hydrogen) atoms. The van der Waals surface area contributed by atoms with Crippen LogP contribution in [-0.4, -0.2) is 19.2 Å². The number of nitrogens with zero attached hydrogens (tertiary/aromatic N) is 1. The van der Waals surface area contributed by atoms with E-state index in [1.54, 1.807) is 36.4 Å². The Morgan fingerprint density at radius 2 is 1.59 bits per heavy atom. The third kappa shape index (κ3) is 2.44. The van der Waals surface area contributed by atoms with Gasteiger partial charge in [-0.05, 0) is 29.8 Å². The second-order valence-electron chi connectivity index (χ2n) is 5.27. The van der Waals surface area contributed by atoms with Crippen molar-refractivity contribution >= 4 is 20.7 Å². The Morgan fingerprint density at radius 1 is 0.955 bits per heavy atom. The number of fused-ring (bicyclic) bond motifs is 1. The van der Waals surface area contributed by atoms with E-state index in [9.17, 15) is 13.2 Å². The zero-order valence-electron chi connectivity index (χ0n) is 12.3. The van der Waals surface area contributed by atoms with Gasteiger partial charge in [0.05, 0.1) is 16.1 Å². The maximum absolute atomic E-state index is 12.2. The molecule has 0 atom stereocenters. The van der Waals surface area contributed by atoms with Crippen LogP contribution in [-0.2, 0) is 16.9 Å². The number of aromatic nitrogens is 1. The highest BCUT2D eigenvalue weighted by Gasteiger charge is 2.10. The molecular formula is C17H15NO3S. The highest BCUT2D eigenvalue weighted by Crippen LogP contribution is 2.23. The van der Waals surface area contributed by atoms with Crippen LogP contribution in [0.25, 0.3) is 22.2 Å². The smallest absolute Gasteiger partial charge is 0.190 e. The van der Waals surface area contributed by atoms with Crippen LogP contribution in [0.15, 0.2) is 64.3 Å². The molecule has 0 aliphatic rings. The van der Waals surface area contributed by atoms with Crippen molar-refractivity contribution in [3.8, 4) is 11.3 Å². The minimum absolute atomic E-state index is 0.0455. The van der Waals surface area contributed by atoms with E-state index >= 15 is 0 Å². The predicted molar refractivity (Wildman–Crippen MR) is 87.7 cm³/mol. The Balaban J connectivity index is 2.23. The highest BCUT2D eigenvalue weighted by atomic mass is 32.2. The van der Waals surface area contributed by atoms with E-state index in [4.69, 9.17) is 0 Å². The van der Waals surface area contributed by atoms with Gasteiger partial charge in [-0.3, -0.25) is 4.79 Å². The molecule has 2 aromatic carbocycles. The van der Waals surface area contributed by atoms with Crippen molar-refractivity contribution in [3.05, 3.63) is 64.8 Å². The Bertz CT molecular complexity index is 1020. The fourth-order valence-electron chi connectivity index (χ4n) is 2.55. The molecule has 0 unspecified atom stereocenters. The molecule has 3 rings (SSSR count). The first-order valence-electron chi connectivity index (χ1n) is 6.77. The SMILES string of the molecule is Cn1c(-c2ccc(S(C)(=O)=O)cc2)cc(=O)c2ccccc21. The van der Waals surface area contributed by atoms with Crippen molar-refractivity contribution in [3.63, 3.8) is 0 Å².